The maximum absolute atomic E-state index is 12.2. The highest BCUT2D eigenvalue weighted by Crippen LogP contribution is 2.22. The van der Waals surface area contributed by atoms with Gasteiger partial charge in [0.05, 0.1) is 11.2 Å². The first-order chi connectivity index (χ1) is 7.20. The number of aromatic nitrogens is 1. The molecule has 1 aliphatic heterocycles. The molecule has 82 valence electrons. The Bertz CT molecular complexity index is 361. The zero-order valence-corrected chi connectivity index (χ0v) is 10.0. The van der Waals surface area contributed by atoms with E-state index >= 15 is 0 Å². The van der Waals surface area contributed by atoms with Gasteiger partial charge in [0, 0.05) is 12.6 Å². The molecule has 0 saturated carbocycles. The molecule has 0 aromatic carbocycles. The predicted molar refractivity (Wildman–Crippen MR) is 61.2 cm³/mol. The quantitative estimate of drug-likeness (QED) is 0.734. The van der Waals surface area contributed by atoms with Crippen molar-refractivity contribution >= 4 is 17.2 Å². The number of hydrogen-bond donors (Lipinski definition) is 0. The van der Waals surface area contributed by atoms with Crippen molar-refractivity contribution in [2.75, 3.05) is 6.54 Å². The van der Waals surface area contributed by atoms with E-state index in [0.717, 1.165) is 30.0 Å². The number of likely N-dealkylation sites (tertiary alicyclic amines) is 1. The summed E-state index contributed by atoms with van der Waals surface area (Å²) in [7, 11) is 0. The number of amides is 1. The lowest BCUT2D eigenvalue weighted by molar-refractivity contribution is 0.0639. The first kappa shape index (κ1) is 10.6. The lowest BCUT2D eigenvalue weighted by atomic mass is 10.0. The number of carbonyl (C=O) groups is 1. The zero-order valence-electron chi connectivity index (χ0n) is 9.19. The number of rotatable bonds is 1. The van der Waals surface area contributed by atoms with E-state index in [2.05, 4.69) is 11.9 Å². The Labute approximate surface area is 94.1 Å². The predicted octanol–water partition coefficient (Wildman–Crippen LogP) is 2.47. The third-order valence-electron chi connectivity index (χ3n) is 3.00. The van der Waals surface area contributed by atoms with Crippen LogP contribution in [0.2, 0.25) is 0 Å². The summed E-state index contributed by atoms with van der Waals surface area (Å²) in [4.78, 5) is 19.1. The van der Waals surface area contributed by atoms with E-state index in [1.54, 1.807) is 5.51 Å². The molecule has 2 heterocycles. The number of carbonyl (C=O) groups excluding carboxylic acids is 1. The lowest BCUT2D eigenvalue weighted by Gasteiger charge is -2.33. The second kappa shape index (κ2) is 4.31. The zero-order chi connectivity index (χ0) is 10.8. The number of piperidine rings is 1. The minimum absolute atomic E-state index is 0.169. The molecule has 1 unspecified atom stereocenters. The first-order valence-electron chi connectivity index (χ1n) is 5.41. The maximum atomic E-state index is 12.2. The summed E-state index contributed by atoms with van der Waals surface area (Å²) in [5, 5.41) is 0. The maximum Gasteiger partial charge on any atom is 0.266 e. The molecule has 4 heteroatoms. The van der Waals surface area contributed by atoms with E-state index in [1.807, 2.05) is 11.8 Å². The van der Waals surface area contributed by atoms with Gasteiger partial charge in [-0.25, -0.2) is 4.98 Å². The molecule has 0 aliphatic carbocycles. The average Bonchev–Trinajstić information content (AvgIpc) is 2.64. The van der Waals surface area contributed by atoms with Gasteiger partial charge in [0.2, 0.25) is 0 Å². The highest BCUT2D eigenvalue weighted by atomic mass is 32.1. The van der Waals surface area contributed by atoms with E-state index in [4.69, 9.17) is 0 Å². The van der Waals surface area contributed by atoms with Crippen molar-refractivity contribution in [3.8, 4) is 0 Å². The van der Waals surface area contributed by atoms with Gasteiger partial charge >= 0.3 is 0 Å². The molecule has 1 amide bonds. The SMILES string of the molecule is Cc1ncsc1C(=O)N1CCCCC1C. The minimum Gasteiger partial charge on any atom is -0.335 e. The molecular weight excluding hydrogens is 208 g/mol. The van der Waals surface area contributed by atoms with Gasteiger partial charge in [-0.2, -0.15) is 0 Å². The normalized spacial score (nSPS) is 21.7. The molecule has 2 rings (SSSR count). The van der Waals surface area contributed by atoms with Gasteiger partial charge in [-0.15, -0.1) is 11.3 Å². The van der Waals surface area contributed by atoms with Crippen molar-refractivity contribution in [2.24, 2.45) is 0 Å². The Kier molecular flexibility index (Phi) is 3.05. The fourth-order valence-electron chi connectivity index (χ4n) is 2.04. The molecule has 1 atom stereocenters. The second-order valence-corrected chi connectivity index (χ2v) is 4.97. The molecule has 1 fully saturated rings. The third kappa shape index (κ3) is 2.04. The molecule has 0 spiro atoms. The first-order valence-corrected chi connectivity index (χ1v) is 6.29. The molecule has 0 bridgehead atoms. The van der Waals surface area contributed by atoms with Gasteiger partial charge in [0.25, 0.3) is 5.91 Å². The summed E-state index contributed by atoms with van der Waals surface area (Å²) in [5.41, 5.74) is 2.61. The largest absolute Gasteiger partial charge is 0.335 e. The third-order valence-corrected chi connectivity index (χ3v) is 3.92. The van der Waals surface area contributed by atoms with Crippen molar-refractivity contribution in [1.29, 1.82) is 0 Å². The van der Waals surface area contributed by atoms with Crippen molar-refractivity contribution in [2.45, 2.75) is 39.2 Å². The summed E-state index contributed by atoms with van der Waals surface area (Å²) in [6.45, 7) is 4.93. The van der Waals surface area contributed by atoms with Gasteiger partial charge < -0.3 is 4.90 Å². The molecule has 0 N–H and O–H groups in total. The smallest absolute Gasteiger partial charge is 0.266 e. The van der Waals surface area contributed by atoms with Crippen LogP contribution in [0.3, 0.4) is 0 Å². The van der Waals surface area contributed by atoms with Gasteiger partial charge in [0.1, 0.15) is 4.88 Å². The topological polar surface area (TPSA) is 33.2 Å². The highest BCUT2D eigenvalue weighted by Gasteiger charge is 2.26. The van der Waals surface area contributed by atoms with Crippen LogP contribution in [-0.2, 0) is 0 Å². The molecule has 1 aromatic heterocycles. The minimum atomic E-state index is 0.169. The van der Waals surface area contributed by atoms with Crippen molar-refractivity contribution in [3.63, 3.8) is 0 Å². The molecule has 1 aliphatic rings. The van der Waals surface area contributed by atoms with E-state index in [1.165, 1.54) is 17.8 Å². The molecular formula is C11H16N2OS. The second-order valence-electron chi connectivity index (χ2n) is 4.11. The van der Waals surface area contributed by atoms with Crippen LogP contribution >= 0.6 is 11.3 Å². The van der Waals surface area contributed by atoms with E-state index in [-0.39, 0.29) is 5.91 Å². The van der Waals surface area contributed by atoms with Crippen LogP contribution in [0.4, 0.5) is 0 Å². The van der Waals surface area contributed by atoms with Crippen molar-refractivity contribution < 1.29 is 4.79 Å². The number of hydrogen-bond acceptors (Lipinski definition) is 3. The van der Waals surface area contributed by atoms with Gasteiger partial charge in [-0.05, 0) is 33.1 Å². The summed E-state index contributed by atoms with van der Waals surface area (Å²) in [5.74, 6) is 0.169. The Morgan fingerprint density at radius 3 is 3.00 bits per heavy atom. The van der Waals surface area contributed by atoms with Gasteiger partial charge in [-0.3, -0.25) is 4.79 Å². The molecule has 1 aromatic rings. The number of aryl methyl sites for hydroxylation is 1. The Morgan fingerprint density at radius 1 is 1.60 bits per heavy atom. The summed E-state index contributed by atoms with van der Waals surface area (Å²) < 4.78 is 0. The van der Waals surface area contributed by atoms with E-state index < -0.39 is 0 Å². The van der Waals surface area contributed by atoms with Crippen LogP contribution in [0.15, 0.2) is 5.51 Å². The van der Waals surface area contributed by atoms with Crippen LogP contribution in [-0.4, -0.2) is 28.4 Å². The van der Waals surface area contributed by atoms with Gasteiger partial charge in [0.15, 0.2) is 0 Å². The van der Waals surface area contributed by atoms with Crippen molar-refractivity contribution in [3.05, 3.63) is 16.1 Å². The van der Waals surface area contributed by atoms with Crippen LogP contribution in [0.1, 0.15) is 41.6 Å². The Morgan fingerprint density at radius 2 is 2.40 bits per heavy atom. The lowest BCUT2D eigenvalue weighted by Crippen LogP contribution is -2.41. The number of thiazole rings is 1. The molecule has 15 heavy (non-hydrogen) atoms. The molecule has 0 radical (unpaired) electrons. The summed E-state index contributed by atoms with van der Waals surface area (Å²) in [6, 6.07) is 0.382. The summed E-state index contributed by atoms with van der Waals surface area (Å²) >= 11 is 1.45. The standard InChI is InChI=1S/C11H16N2OS/c1-8-5-3-4-6-13(8)11(14)10-9(2)12-7-15-10/h7-8H,3-6H2,1-2H3. The van der Waals surface area contributed by atoms with Crippen LogP contribution in [0.5, 0.6) is 0 Å². The van der Waals surface area contributed by atoms with Crippen LogP contribution in [0.25, 0.3) is 0 Å². The van der Waals surface area contributed by atoms with Crippen molar-refractivity contribution in [1.82, 2.24) is 9.88 Å². The van der Waals surface area contributed by atoms with Crippen LogP contribution < -0.4 is 0 Å². The average molecular weight is 224 g/mol. The fourth-order valence-corrected chi connectivity index (χ4v) is 2.80. The number of nitrogens with zero attached hydrogens (tertiary/aromatic N) is 2. The monoisotopic (exact) mass is 224 g/mol. The van der Waals surface area contributed by atoms with E-state index in [9.17, 15) is 4.79 Å². The molecule has 3 nitrogen and oxygen atoms in total. The fraction of sp³-hybridized carbons (Fsp3) is 0.636. The molecule has 1 saturated heterocycles. The Balaban J connectivity index is 2.17. The van der Waals surface area contributed by atoms with Crippen LogP contribution in [0, 0.1) is 6.92 Å². The Hall–Kier alpha value is -0.900. The summed E-state index contributed by atoms with van der Waals surface area (Å²) in [6.07, 6.45) is 3.50. The highest BCUT2D eigenvalue weighted by molar-refractivity contribution is 7.11. The van der Waals surface area contributed by atoms with Gasteiger partial charge in [-0.1, -0.05) is 0 Å². The van der Waals surface area contributed by atoms with E-state index in [0.29, 0.717) is 6.04 Å².